The molecule has 0 aliphatic rings. The molecule has 7 heteroatoms. The standard InChI is InChI=1S/C18H18N4O3/c19-13-15-7-5-14(6-8-15)9-10-18(23)21-12-11-20-16-3-1-2-4-17(16)22(24)25/h1-8,20H,9-12H2,(H,21,23). The Morgan fingerprint density at radius 1 is 1.12 bits per heavy atom. The second-order valence-corrected chi connectivity index (χ2v) is 5.36. The Hall–Kier alpha value is -3.40. The van der Waals surface area contributed by atoms with E-state index in [0.717, 1.165) is 5.56 Å². The summed E-state index contributed by atoms with van der Waals surface area (Å²) in [5.74, 6) is -0.0891. The van der Waals surface area contributed by atoms with Gasteiger partial charge in [-0.3, -0.25) is 14.9 Å². The van der Waals surface area contributed by atoms with Gasteiger partial charge < -0.3 is 10.6 Å². The summed E-state index contributed by atoms with van der Waals surface area (Å²) >= 11 is 0. The van der Waals surface area contributed by atoms with Crippen molar-refractivity contribution < 1.29 is 9.72 Å². The first-order valence-corrected chi connectivity index (χ1v) is 7.83. The molecule has 0 saturated heterocycles. The Morgan fingerprint density at radius 3 is 2.52 bits per heavy atom. The van der Waals surface area contributed by atoms with Gasteiger partial charge in [-0.2, -0.15) is 5.26 Å². The van der Waals surface area contributed by atoms with Crippen LogP contribution >= 0.6 is 0 Å². The molecular weight excluding hydrogens is 320 g/mol. The van der Waals surface area contributed by atoms with Crippen LogP contribution in [0.3, 0.4) is 0 Å². The number of hydrogen-bond donors (Lipinski definition) is 2. The molecule has 2 N–H and O–H groups in total. The summed E-state index contributed by atoms with van der Waals surface area (Å²) in [4.78, 5) is 22.3. The fourth-order valence-electron chi connectivity index (χ4n) is 2.27. The van der Waals surface area contributed by atoms with Crippen LogP contribution in [-0.4, -0.2) is 23.9 Å². The van der Waals surface area contributed by atoms with Crippen LogP contribution in [-0.2, 0) is 11.2 Å². The molecule has 0 aliphatic carbocycles. The van der Waals surface area contributed by atoms with Gasteiger partial charge in [0.05, 0.1) is 16.6 Å². The van der Waals surface area contributed by atoms with Crippen LogP contribution in [0.2, 0.25) is 0 Å². The lowest BCUT2D eigenvalue weighted by Gasteiger charge is -2.08. The average molecular weight is 338 g/mol. The van der Waals surface area contributed by atoms with Gasteiger partial charge in [0.15, 0.2) is 0 Å². The highest BCUT2D eigenvalue weighted by molar-refractivity contribution is 5.76. The van der Waals surface area contributed by atoms with E-state index in [1.165, 1.54) is 6.07 Å². The minimum absolute atomic E-state index is 0.00893. The molecule has 0 saturated carbocycles. The van der Waals surface area contributed by atoms with Gasteiger partial charge in [-0.1, -0.05) is 24.3 Å². The number of aryl methyl sites for hydroxylation is 1. The van der Waals surface area contributed by atoms with Crippen molar-refractivity contribution in [3.63, 3.8) is 0 Å². The highest BCUT2D eigenvalue weighted by atomic mass is 16.6. The molecule has 0 heterocycles. The monoisotopic (exact) mass is 338 g/mol. The smallest absolute Gasteiger partial charge is 0.292 e. The summed E-state index contributed by atoms with van der Waals surface area (Å²) in [5.41, 5.74) is 2.02. The molecule has 128 valence electrons. The van der Waals surface area contributed by atoms with Crippen molar-refractivity contribution in [2.75, 3.05) is 18.4 Å². The van der Waals surface area contributed by atoms with Gasteiger partial charge >= 0.3 is 0 Å². The molecule has 25 heavy (non-hydrogen) atoms. The lowest BCUT2D eigenvalue weighted by Crippen LogP contribution is -2.29. The zero-order chi connectivity index (χ0) is 18.1. The zero-order valence-corrected chi connectivity index (χ0v) is 13.6. The summed E-state index contributed by atoms with van der Waals surface area (Å²) in [5, 5.41) is 25.4. The van der Waals surface area contributed by atoms with Crippen LogP contribution in [0.4, 0.5) is 11.4 Å². The molecule has 2 aromatic carbocycles. The number of hydrogen-bond acceptors (Lipinski definition) is 5. The molecule has 0 radical (unpaired) electrons. The number of benzene rings is 2. The molecule has 0 unspecified atom stereocenters. The Bertz CT molecular complexity index is 782. The highest BCUT2D eigenvalue weighted by Gasteiger charge is 2.11. The number of nitriles is 1. The molecule has 0 spiro atoms. The SMILES string of the molecule is N#Cc1ccc(CCC(=O)NCCNc2ccccc2[N+](=O)[O-])cc1. The first-order chi connectivity index (χ1) is 12.1. The number of carbonyl (C=O) groups excluding carboxylic acids is 1. The molecule has 1 amide bonds. The maximum atomic E-state index is 11.8. The van der Waals surface area contributed by atoms with Crippen LogP contribution in [0.25, 0.3) is 0 Å². The van der Waals surface area contributed by atoms with E-state index in [4.69, 9.17) is 5.26 Å². The van der Waals surface area contributed by atoms with E-state index in [9.17, 15) is 14.9 Å². The molecule has 0 fully saturated rings. The number of para-hydroxylation sites is 2. The quantitative estimate of drug-likeness (QED) is 0.437. The Labute approximate surface area is 145 Å². The third-order valence-electron chi connectivity index (χ3n) is 3.59. The number of nitro groups is 1. The summed E-state index contributed by atoms with van der Waals surface area (Å²) < 4.78 is 0. The largest absolute Gasteiger partial charge is 0.378 e. The molecule has 0 aromatic heterocycles. The van der Waals surface area contributed by atoms with E-state index >= 15 is 0 Å². The van der Waals surface area contributed by atoms with Crippen molar-refractivity contribution in [3.05, 3.63) is 69.8 Å². The fourth-order valence-corrected chi connectivity index (χ4v) is 2.27. The van der Waals surface area contributed by atoms with Crippen molar-refractivity contribution in [1.29, 1.82) is 5.26 Å². The van der Waals surface area contributed by atoms with E-state index in [2.05, 4.69) is 10.6 Å². The third kappa shape index (κ3) is 5.62. The summed E-state index contributed by atoms with van der Waals surface area (Å²) in [6, 6.07) is 15.6. The maximum absolute atomic E-state index is 11.8. The Kier molecular flexibility index (Phi) is 6.48. The molecule has 0 atom stereocenters. The maximum Gasteiger partial charge on any atom is 0.292 e. The number of nitrogens with zero attached hydrogens (tertiary/aromatic N) is 2. The van der Waals surface area contributed by atoms with Crippen molar-refractivity contribution in [2.24, 2.45) is 0 Å². The molecule has 2 rings (SSSR count). The molecule has 2 aromatic rings. The average Bonchev–Trinajstić information content (AvgIpc) is 2.64. The van der Waals surface area contributed by atoms with Gasteiger partial charge in [0.1, 0.15) is 5.69 Å². The molecule has 7 nitrogen and oxygen atoms in total. The number of carbonyl (C=O) groups is 1. The van der Waals surface area contributed by atoms with Gasteiger partial charge in [0, 0.05) is 25.6 Å². The fraction of sp³-hybridized carbons (Fsp3) is 0.222. The van der Waals surface area contributed by atoms with Crippen molar-refractivity contribution in [1.82, 2.24) is 5.32 Å². The van der Waals surface area contributed by atoms with Gasteiger partial charge in [0.25, 0.3) is 5.69 Å². The van der Waals surface area contributed by atoms with E-state index in [1.807, 2.05) is 18.2 Å². The van der Waals surface area contributed by atoms with E-state index in [1.54, 1.807) is 30.3 Å². The predicted molar refractivity (Wildman–Crippen MR) is 94.1 cm³/mol. The number of amides is 1. The zero-order valence-electron chi connectivity index (χ0n) is 13.6. The van der Waals surface area contributed by atoms with E-state index in [-0.39, 0.29) is 11.6 Å². The summed E-state index contributed by atoms with van der Waals surface area (Å²) in [6.07, 6.45) is 0.937. The first kappa shape index (κ1) is 17.9. The van der Waals surface area contributed by atoms with Gasteiger partial charge in [-0.05, 0) is 30.2 Å². The lowest BCUT2D eigenvalue weighted by molar-refractivity contribution is -0.384. The number of nitrogens with one attached hydrogen (secondary N) is 2. The van der Waals surface area contributed by atoms with Crippen LogP contribution in [0.15, 0.2) is 48.5 Å². The van der Waals surface area contributed by atoms with E-state index < -0.39 is 4.92 Å². The van der Waals surface area contributed by atoms with Crippen molar-refractivity contribution in [2.45, 2.75) is 12.8 Å². The Balaban J connectivity index is 1.70. The Morgan fingerprint density at radius 2 is 1.84 bits per heavy atom. The molecule has 0 bridgehead atoms. The minimum atomic E-state index is -0.446. The first-order valence-electron chi connectivity index (χ1n) is 7.83. The number of rotatable bonds is 8. The summed E-state index contributed by atoms with van der Waals surface area (Å²) in [6.45, 7) is 0.770. The highest BCUT2D eigenvalue weighted by Crippen LogP contribution is 2.22. The van der Waals surface area contributed by atoms with Crippen LogP contribution < -0.4 is 10.6 Å². The second kappa shape index (κ2) is 9.03. The summed E-state index contributed by atoms with van der Waals surface area (Å²) in [7, 11) is 0. The number of nitro benzene ring substituents is 1. The van der Waals surface area contributed by atoms with Gasteiger partial charge in [-0.25, -0.2) is 0 Å². The number of anilines is 1. The van der Waals surface area contributed by atoms with Crippen LogP contribution in [0.5, 0.6) is 0 Å². The lowest BCUT2D eigenvalue weighted by atomic mass is 10.1. The third-order valence-corrected chi connectivity index (χ3v) is 3.59. The minimum Gasteiger partial charge on any atom is -0.378 e. The normalized spacial score (nSPS) is 9.88. The van der Waals surface area contributed by atoms with Gasteiger partial charge in [0.2, 0.25) is 5.91 Å². The molecule has 0 aliphatic heterocycles. The van der Waals surface area contributed by atoms with Gasteiger partial charge in [-0.15, -0.1) is 0 Å². The topological polar surface area (TPSA) is 108 Å². The molecular formula is C18H18N4O3. The second-order valence-electron chi connectivity index (χ2n) is 5.36. The van der Waals surface area contributed by atoms with E-state index in [0.29, 0.717) is 37.2 Å². The van der Waals surface area contributed by atoms with Crippen LogP contribution in [0, 0.1) is 21.4 Å². The van der Waals surface area contributed by atoms with Crippen molar-refractivity contribution in [3.8, 4) is 6.07 Å². The van der Waals surface area contributed by atoms with Crippen molar-refractivity contribution >= 4 is 17.3 Å². The predicted octanol–water partition coefficient (Wildman–Crippen LogP) is 2.63. The van der Waals surface area contributed by atoms with Crippen LogP contribution in [0.1, 0.15) is 17.5 Å².